The lowest BCUT2D eigenvalue weighted by Gasteiger charge is -2.31. The number of nitrogens with two attached hydrogens (primary N) is 1. The quantitative estimate of drug-likeness (QED) is 0.158. The number of carbonyl (C=O) groups is 2. The Balaban J connectivity index is 2.27. The number of aliphatic hydroxyl groups is 1. The molecular formula is C21H35FN5O10P. The molecule has 2 rings (SSSR count). The molecule has 0 aromatic carbocycles. The minimum absolute atomic E-state index is 0.482. The normalized spacial score (nSPS) is 26.7. The van der Waals surface area contributed by atoms with E-state index in [0.29, 0.717) is 4.57 Å². The number of aromatic nitrogens is 2. The second kappa shape index (κ2) is 12.6. The molecule has 0 spiro atoms. The number of nitrogens with zero attached hydrogens (tertiary/aromatic N) is 1. The van der Waals surface area contributed by atoms with E-state index >= 15 is 0 Å². The molecule has 0 amide bonds. The number of aromatic amines is 1. The minimum atomic E-state index is -4.39. The van der Waals surface area contributed by atoms with Crippen LogP contribution < -0.4 is 27.2 Å². The molecule has 1 aliphatic rings. The number of ether oxygens (including phenoxy) is 3. The lowest BCUT2D eigenvalue weighted by molar-refractivity contribution is -0.149. The summed E-state index contributed by atoms with van der Waals surface area (Å²) >= 11 is 0. The van der Waals surface area contributed by atoms with Crippen LogP contribution in [0.5, 0.6) is 0 Å². The molecule has 0 aliphatic carbocycles. The van der Waals surface area contributed by atoms with Gasteiger partial charge in [-0.1, -0.05) is 0 Å². The second-order valence-corrected chi connectivity index (χ2v) is 11.2. The maximum Gasteiger partial charge on any atom is 0.342 e. The zero-order valence-corrected chi connectivity index (χ0v) is 22.8. The van der Waals surface area contributed by atoms with Gasteiger partial charge in [-0.3, -0.25) is 34.2 Å². The van der Waals surface area contributed by atoms with Crippen LogP contribution in [0.25, 0.3) is 0 Å². The topological polar surface area (TPSA) is 213 Å². The SMILES string of the molecule is CC(C)OC(=O)C(C)NP(=O)(NC(C)C(=O)OC(C)C)OC[C@@]1(N)O[C@@H](n2ccc(=O)[nH]c2=O)[C@H](F)[C@@H]1O. The van der Waals surface area contributed by atoms with Gasteiger partial charge in [0.25, 0.3) is 5.56 Å². The molecule has 0 saturated carbocycles. The Morgan fingerprint density at radius 3 is 2.11 bits per heavy atom. The first-order valence-corrected chi connectivity index (χ1v) is 13.4. The molecule has 17 heteroatoms. The maximum atomic E-state index is 15.0. The number of hydrogen-bond donors (Lipinski definition) is 5. The van der Waals surface area contributed by atoms with Gasteiger partial charge in [0.2, 0.25) is 0 Å². The third kappa shape index (κ3) is 8.02. The smallest absolute Gasteiger partial charge is 0.342 e. The first kappa shape index (κ1) is 31.8. The van der Waals surface area contributed by atoms with Crippen LogP contribution in [0.15, 0.2) is 21.9 Å². The summed E-state index contributed by atoms with van der Waals surface area (Å²) in [5.74, 6) is -1.58. The van der Waals surface area contributed by atoms with E-state index in [0.717, 1.165) is 12.3 Å². The number of carbonyl (C=O) groups excluding carboxylic acids is 2. The van der Waals surface area contributed by atoms with Gasteiger partial charge in [0.05, 0.1) is 12.2 Å². The van der Waals surface area contributed by atoms with Crippen molar-refractivity contribution in [2.45, 2.75) is 90.1 Å². The fourth-order valence-electron chi connectivity index (χ4n) is 3.33. The van der Waals surface area contributed by atoms with Crippen molar-refractivity contribution in [3.05, 3.63) is 33.1 Å². The first-order valence-electron chi connectivity index (χ1n) is 11.8. The van der Waals surface area contributed by atoms with Crippen LogP contribution in [0.1, 0.15) is 47.8 Å². The van der Waals surface area contributed by atoms with Crippen molar-refractivity contribution >= 4 is 19.6 Å². The molecule has 1 aromatic heterocycles. The number of alkyl halides is 1. The predicted molar refractivity (Wildman–Crippen MR) is 130 cm³/mol. The Hall–Kier alpha value is -2.46. The van der Waals surface area contributed by atoms with Crippen molar-refractivity contribution < 1.29 is 42.4 Å². The van der Waals surface area contributed by atoms with E-state index in [1.165, 1.54) is 13.8 Å². The van der Waals surface area contributed by atoms with Crippen molar-refractivity contribution in [1.82, 2.24) is 19.7 Å². The van der Waals surface area contributed by atoms with E-state index in [9.17, 15) is 33.2 Å². The van der Waals surface area contributed by atoms with Crippen LogP contribution >= 0.6 is 7.67 Å². The maximum absolute atomic E-state index is 15.0. The van der Waals surface area contributed by atoms with Crippen LogP contribution in [0.3, 0.4) is 0 Å². The van der Waals surface area contributed by atoms with E-state index < -0.39 is 86.0 Å². The largest absolute Gasteiger partial charge is 0.462 e. The molecule has 0 bridgehead atoms. The number of hydrogen-bond acceptors (Lipinski definition) is 11. The van der Waals surface area contributed by atoms with Crippen molar-refractivity contribution in [2.24, 2.45) is 5.73 Å². The number of nitrogens with one attached hydrogen (secondary N) is 3. The highest BCUT2D eigenvalue weighted by Crippen LogP contribution is 2.43. The lowest BCUT2D eigenvalue weighted by atomic mass is 10.1. The number of esters is 2. The van der Waals surface area contributed by atoms with Gasteiger partial charge in [-0.15, -0.1) is 0 Å². The standard InChI is InChI=1S/C21H35FN5O10P/c1-10(2)35-18(30)12(5)25-38(33,26-13(6)19(31)36-11(3)4)34-9-21(23)16(29)15(22)17(37-21)27-8-7-14(28)24-20(27)32/h7-8,10-13,15-17,29H,9,23H2,1-6H3,(H,24,28,32)(H2,25,26,33)/t12?,13?,15-,16+,17-,21-,38?/m1/s1. The van der Waals surface area contributed by atoms with Crippen LogP contribution in [-0.4, -0.2) is 75.5 Å². The number of rotatable bonds is 12. The number of halogens is 1. The molecule has 2 heterocycles. The molecule has 15 nitrogen and oxygen atoms in total. The molecule has 1 fully saturated rings. The first-order chi connectivity index (χ1) is 17.5. The molecular weight excluding hydrogens is 532 g/mol. The van der Waals surface area contributed by atoms with Gasteiger partial charge >= 0.3 is 25.3 Å². The Morgan fingerprint density at radius 1 is 1.16 bits per heavy atom. The average molecular weight is 568 g/mol. The third-order valence-electron chi connectivity index (χ3n) is 5.15. The van der Waals surface area contributed by atoms with E-state index in [1.54, 1.807) is 27.7 Å². The van der Waals surface area contributed by atoms with Gasteiger partial charge in [0.1, 0.15) is 24.8 Å². The molecule has 216 valence electrons. The fourth-order valence-corrected chi connectivity index (χ4v) is 5.17. The highest BCUT2D eigenvalue weighted by Gasteiger charge is 2.55. The molecule has 1 aromatic rings. The molecule has 1 aliphatic heterocycles. The Kier molecular flexibility index (Phi) is 10.5. The van der Waals surface area contributed by atoms with Gasteiger partial charge in [-0.25, -0.2) is 19.4 Å². The Morgan fingerprint density at radius 2 is 1.66 bits per heavy atom. The van der Waals surface area contributed by atoms with Crippen molar-refractivity contribution in [3.8, 4) is 0 Å². The van der Waals surface area contributed by atoms with Crippen LogP contribution in [-0.2, 0) is 32.9 Å². The summed E-state index contributed by atoms with van der Waals surface area (Å²) in [6.45, 7) is 8.16. The highest BCUT2D eigenvalue weighted by molar-refractivity contribution is 7.54. The Labute approximate surface area is 217 Å². The Bertz CT molecular complexity index is 1130. The molecule has 6 atom stereocenters. The number of aliphatic hydroxyl groups excluding tert-OH is 1. The summed E-state index contributed by atoms with van der Waals surface area (Å²) in [4.78, 5) is 49.9. The summed E-state index contributed by atoms with van der Waals surface area (Å²) in [7, 11) is -4.39. The zero-order chi connectivity index (χ0) is 29.0. The predicted octanol–water partition coefficient (Wildman–Crippen LogP) is -0.596. The van der Waals surface area contributed by atoms with Crippen molar-refractivity contribution in [3.63, 3.8) is 0 Å². The molecule has 0 radical (unpaired) electrons. The summed E-state index contributed by atoms with van der Waals surface area (Å²) in [5.41, 5.74) is 1.93. The van der Waals surface area contributed by atoms with Gasteiger partial charge in [-0.05, 0) is 41.5 Å². The van der Waals surface area contributed by atoms with E-state index in [1.807, 2.05) is 4.98 Å². The van der Waals surface area contributed by atoms with Crippen LogP contribution in [0, 0.1) is 0 Å². The summed E-state index contributed by atoms with van der Waals surface area (Å²) < 4.78 is 50.3. The second-order valence-electron chi connectivity index (χ2n) is 9.37. The monoisotopic (exact) mass is 567 g/mol. The summed E-state index contributed by atoms with van der Waals surface area (Å²) in [5, 5.41) is 15.3. The van der Waals surface area contributed by atoms with E-state index in [-0.39, 0.29) is 0 Å². The summed E-state index contributed by atoms with van der Waals surface area (Å²) in [6.07, 6.45) is -6.11. The lowest BCUT2D eigenvalue weighted by Crippen LogP contribution is -2.55. The van der Waals surface area contributed by atoms with Crippen molar-refractivity contribution in [2.75, 3.05) is 6.61 Å². The highest BCUT2D eigenvalue weighted by atomic mass is 31.2. The summed E-state index contributed by atoms with van der Waals surface area (Å²) in [6, 6.07) is -1.49. The van der Waals surface area contributed by atoms with E-state index in [2.05, 4.69) is 10.2 Å². The van der Waals surface area contributed by atoms with Crippen molar-refractivity contribution in [1.29, 1.82) is 0 Å². The number of H-pyrrole nitrogens is 1. The zero-order valence-electron chi connectivity index (χ0n) is 21.9. The molecule has 1 saturated heterocycles. The van der Waals surface area contributed by atoms with Crippen LogP contribution in [0.4, 0.5) is 4.39 Å². The van der Waals surface area contributed by atoms with Gasteiger partial charge < -0.3 is 23.8 Å². The molecule has 38 heavy (non-hydrogen) atoms. The van der Waals surface area contributed by atoms with Gasteiger partial charge in [-0.2, -0.15) is 0 Å². The molecule has 2 unspecified atom stereocenters. The van der Waals surface area contributed by atoms with Crippen LogP contribution in [0.2, 0.25) is 0 Å². The third-order valence-corrected chi connectivity index (χ3v) is 7.10. The van der Waals surface area contributed by atoms with Gasteiger partial charge in [0.15, 0.2) is 18.1 Å². The van der Waals surface area contributed by atoms with E-state index in [4.69, 9.17) is 24.5 Å². The molecule has 6 N–H and O–H groups in total. The van der Waals surface area contributed by atoms with Gasteiger partial charge in [0, 0.05) is 12.3 Å². The minimum Gasteiger partial charge on any atom is -0.462 e. The average Bonchev–Trinajstić information content (AvgIpc) is 3.01. The fraction of sp³-hybridized carbons (Fsp3) is 0.714.